The SMILES string of the molecule is Cc1ccc(-c2cc(-c3ccc(C)c(C)c3)cc(-c3ccc(C)c(C)c3)c2)cc1C. The molecule has 0 aliphatic carbocycles. The predicted molar refractivity (Wildman–Crippen MR) is 131 cm³/mol. The second-order valence-electron chi connectivity index (χ2n) is 8.70. The van der Waals surface area contributed by atoms with Gasteiger partial charge in [0.05, 0.1) is 0 Å². The molecule has 0 aliphatic rings. The van der Waals surface area contributed by atoms with Gasteiger partial charge in [-0.05, 0) is 127 Å². The average molecular weight is 391 g/mol. The van der Waals surface area contributed by atoms with Crippen LogP contribution in [0.4, 0.5) is 0 Å². The summed E-state index contributed by atoms with van der Waals surface area (Å²) in [7, 11) is 0. The van der Waals surface area contributed by atoms with Gasteiger partial charge in [0.15, 0.2) is 0 Å². The van der Waals surface area contributed by atoms with Gasteiger partial charge < -0.3 is 0 Å². The maximum absolute atomic E-state index is 2.33. The summed E-state index contributed by atoms with van der Waals surface area (Å²) in [6.07, 6.45) is 0. The van der Waals surface area contributed by atoms with E-state index in [1.807, 2.05) is 0 Å². The maximum Gasteiger partial charge on any atom is -0.0172 e. The van der Waals surface area contributed by atoms with Gasteiger partial charge in [-0.15, -0.1) is 0 Å². The first-order valence-corrected chi connectivity index (χ1v) is 10.7. The minimum Gasteiger partial charge on any atom is -0.0584 e. The molecule has 0 amide bonds. The van der Waals surface area contributed by atoms with Crippen LogP contribution in [-0.2, 0) is 0 Å². The molecule has 0 aliphatic heterocycles. The number of hydrogen-bond acceptors (Lipinski definition) is 0. The summed E-state index contributed by atoms with van der Waals surface area (Å²) < 4.78 is 0. The molecule has 0 spiro atoms. The molecular formula is C30H30. The van der Waals surface area contributed by atoms with Crippen LogP contribution in [-0.4, -0.2) is 0 Å². The van der Waals surface area contributed by atoms with Crippen LogP contribution >= 0.6 is 0 Å². The quantitative estimate of drug-likeness (QED) is 0.329. The van der Waals surface area contributed by atoms with E-state index < -0.39 is 0 Å². The first-order valence-electron chi connectivity index (χ1n) is 10.7. The molecule has 0 heteroatoms. The highest BCUT2D eigenvalue weighted by Gasteiger charge is 2.09. The lowest BCUT2D eigenvalue weighted by Crippen LogP contribution is -1.90. The molecule has 150 valence electrons. The van der Waals surface area contributed by atoms with Gasteiger partial charge in [0.25, 0.3) is 0 Å². The standard InChI is InChI=1S/C30H30/c1-19-7-10-25(13-22(19)4)28-16-29(26-11-8-20(2)23(5)14-26)18-30(17-28)27-12-9-21(3)24(6)15-27/h7-18H,1-6H3. The highest BCUT2D eigenvalue weighted by atomic mass is 14.1. The normalized spacial score (nSPS) is 11.0. The number of aryl methyl sites for hydroxylation is 6. The topological polar surface area (TPSA) is 0 Å². The first-order chi connectivity index (χ1) is 14.3. The van der Waals surface area contributed by atoms with Gasteiger partial charge in [-0.1, -0.05) is 54.6 Å². The molecule has 0 aromatic heterocycles. The molecule has 4 rings (SSSR count). The Balaban J connectivity index is 1.94. The number of hydrogen-bond donors (Lipinski definition) is 0. The summed E-state index contributed by atoms with van der Waals surface area (Å²) in [6, 6.07) is 27.3. The van der Waals surface area contributed by atoms with Crippen LogP contribution in [0.2, 0.25) is 0 Å². The van der Waals surface area contributed by atoms with Crippen molar-refractivity contribution in [3.63, 3.8) is 0 Å². The summed E-state index contributed by atoms with van der Waals surface area (Å²) in [5, 5.41) is 0. The van der Waals surface area contributed by atoms with E-state index in [0.717, 1.165) is 0 Å². The summed E-state index contributed by atoms with van der Waals surface area (Å²) in [4.78, 5) is 0. The van der Waals surface area contributed by atoms with Crippen molar-refractivity contribution in [2.24, 2.45) is 0 Å². The van der Waals surface area contributed by atoms with Crippen LogP contribution < -0.4 is 0 Å². The van der Waals surface area contributed by atoms with Crippen molar-refractivity contribution in [2.45, 2.75) is 41.5 Å². The molecule has 0 unspecified atom stereocenters. The van der Waals surface area contributed by atoms with Crippen LogP contribution in [0.15, 0.2) is 72.8 Å². The smallest absolute Gasteiger partial charge is 0.0172 e. The molecule has 0 radical (unpaired) electrons. The third-order valence-electron chi connectivity index (χ3n) is 6.45. The molecule has 30 heavy (non-hydrogen) atoms. The van der Waals surface area contributed by atoms with Crippen LogP contribution in [0.3, 0.4) is 0 Å². The number of rotatable bonds is 3. The van der Waals surface area contributed by atoms with E-state index in [2.05, 4.69) is 114 Å². The van der Waals surface area contributed by atoms with Gasteiger partial charge in [-0.25, -0.2) is 0 Å². The zero-order chi connectivity index (χ0) is 21.4. The summed E-state index contributed by atoms with van der Waals surface area (Å²) in [6.45, 7) is 13.1. The maximum atomic E-state index is 2.33. The molecular weight excluding hydrogens is 360 g/mol. The molecule has 0 saturated heterocycles. The van der Waals surface area contributed by atoms with Crippen LogP contribution in [0, 0.1) is 41.5 Å². The summed E-state index contributed by atoms with van der Waals surface area (Å²) in [5.41, 5.74) is 15.6. The van der Waals surface area contributed by atoms with Crippen molar-refractivity contribution in [3.8, 4) is 33.4 Å². The van der Waals surface area contributed by atoms with E-state index in [4.69, 9.17) is 0 Å². The van der Waals surface area contributed by atoms with Crippen LogP contribution in [0.5, 0.6) is 0 Å². The third-order valence-corrected chi connectivity index (χ3v) is 6.45. The average Bonchev–Trinajstić information content (AvgIpc) is 2.73. The van der Waals surface area contributed by atoms with Gasteiger partial charge in [-0.3, -0.25) is 0 Å². The minimum absolute atomic E-state index is 1.27. The predicted octanol–water partition coefficient (Wildman–Crippen LogP) is 8.54. The molecule has 0 saturated carbocycles. The number of benzene rings is 4. The molecule has 0 bridgehead atoms. The largest absolute Gasteiger partial charge is 0.0584 e. The molecule has 4 aromatic rings. The molecule has 0 fully saturated rings. The molecule has 0 atom stereocenters. The molecule has 0 nitrogen and oxygen atoms in total. The van der Waals surface area contributed by atoms with Crippen molar-refractivity contribution in [2.75, 3.05) is 0 Å². The van der Waals surface area contributed by atoms with E-state index in [-0.39, 0.29) is 0 Å². The van der Waals surface area contributed by atoms with Crippen molar-refractivity contribution in [1.29, 1.82) is 0 Å². The van der Waals surface area contributed by atoms with Crippen LogP contribution in [0.1, 0.15) is 33.4 Å². The first kappa shape index (κ1) is 20.2. The Labute approximate surface area is 181 Å². The fourth-order valence-corrected chi connectivity index (χ4v) is 3.89. The highest BCUT2D eigenvalue weighted by Crippen LogP contribution is 2.34. The monoisotopic (exact) mass is 390 g/mol. The Morgan fingerprint density at radius 3 is 0.767 bits per heavy atom. The lowest BCUT2D eigenvalue weighted by molar-refractivity contribution is 1.33. The van der Waals surface area contributed by atoms with E-state index in [9.17, 15) is 0 Å². The van der Waals surface area contributed by atoms with Crippen molar-refractivity contribution >= 4 is 0 Å². The second kappa shape index (κ2) is 7.95. The second-order valence-corrected chi connectivity index (χ2v) is 8.70. The Bertz CT molecular complexity index is 1070. The van der Waals surface area contributed by atoms with Gasteiger partial charge in [0.1, 0.15) is 0 Å². The fraction of sp³-hybridized carbons (Fsp3) is 0.200. The Morgan fingerprint density at radius 1 is 0.267 bits per heavy atom. The molecule has 0 N–H and O–H groups in total. The van der Waals surface area contributed by atoms with Crippen molar-refractivity contribution in [1.82, 2.24) is 0 Å². The van der Waals surface area contributed by atoms with Crippen LogP contribution in [0.25, 0.3) is 33.4 Å². The Kier molecular flexibility index (Phi) is 5.35. The van der Waals surface area contributed by atoms with Gasteiger partial charge >= 0.3 is 0 Å². The minimum atomic E-state index is 1.27. The Hall–Kier alpha value is -3.12. The van der Waals surface area contributed by atoms with Crippen molar-refractivity contribution < 1.29 is 0 Å². The van der Waals surface area contributed by atoms with Gasteiger partial charge in [0, 0.05) is 0 Å². The third kappa shape index (κ3) is 3.96. The highest BCUT2D eigenvalue weighted by molar-refractivity contribution is 5.82. The summed E-state index contributed by atoms with van der Waals surface area (Å²) in [5.74, 6) is 0. The van der Waals surface area contributed by atoms with Gasteiger partial charge in [-0.2, -0.15) is 0 Å². The molecule has 0 heterocycles. The fourth-order valence-electron chi connectivity index (χ4n) is 3.89. The zero-order valence-corrected chi connectivity index (χ0v) is 18.9. The Morgan fingerprint density at radius 2 is 0.533 bits per heavy atom. The van der Waals surface area contributed by atoms with Gasteiger partial charge in [0.2, 0.25) is 0 Å². The van der Waals surface area contributed by atoms with E-state index >= 15 is 0 Å². The van der Waals surface area contributed by atoms with Crippen molar-refractivity contribution in [3.05, 3.63) is 106 Å². The van der Waals surface area contributed by atoms with E-state index in [1.165, 1.54) is 66.8 Å². The molecule has 4 aromatic carbocycles. The lowest BCUT2D eigenvalue weighted by atomic mass is 9.91. The summed E-state index contributed by atoms with van der Waals surface area (Å²) >= 11 is 0. The van der Waals surface area contributed by atoms with E-state index in [1.54, 1.807) is 0 Å². The zero-order valence-electron chi connectivity index (χ0n) is 18.9. The lowest BCUT2D eigenvalue weighted by Gasteiger charge is -2.14. The van der Waals surface area contributed by atoms with E-state index in [0.29, 0.717) is 0 Å².